The van der Waals surface area contributed by atoms with Crippen molar-refractivity contribution in [3.05, 3.63) is 54.6 Å². The average Bonchev–Trinajstić information content (AvgIpc) is 2.75. The van der Waals surface area contributed by atoms with Gasteiger partial charge in [-0.25, -0.2) is 0 Å². The molecule has 1 atom stereocenters. The highest BCUT2D eigenvalue weighted by Gasteiger charge is 2.26. The Bertz CT molecular complexity index is 849. The molecular weight excluding hydrogens is 394 g/mol. The van der Waals surface area contributed by atoms with E-state index in [0.717, 1.165) is 41.4 Å². The lowest BCUT2D eigenvalue weighted by molar-refractivity contribution is -0.135. The van der Waals surface area contributed by atoms with Crippen LogP contribution in [0.2, 0.25) is 0 Å². The van der Waals surface area contributed by atoms with Gasteiger partial charge in [-0.1, -0.05) is 55.9 Å². The summed E-state index contributed by atoms with van der Waals surface area (Å²) in [5, 5.41) is 6.52. The molecule has 0 aliphatic carbocycles. The van der Waals surface area contributed by atoms with Gasteiger partial charge in [0.25, 0.3) is 0 Å². The molecule has 0 spiro atoms. The van der Waals surface area contributed by atoms with Gasteiger partial charge in [0.05, 0.1) is 11.7 Å². The Labute approximate surface area is 183 Å². The van der Waals surface area contributed by atoms with Crippen molar-refractivity contribution in [2.75, 3.05) is 18.4 Å². The number of piperidine rings is 1. The number of carbonyl (C=O) groups is 2. The Kier molecular flexibility index (Phi) is 7.94. The number of nitrogens with zero attached hydrogens (tertiary/aromatic N) is 1. The lowest BCUT2D eigenvalue weighted by Gasteiger charge is -2.34. The monoisotopic (exact) mass is 425 g/mol. The number of para-hydroxylation sites is 1. The summed E-state index contributed by atoms with van der Waals surface area (Å²) in [7, 11) is 0. The summed E-state index contributed by atoms with van der Waals surface area (Å²) in [6, 6.07) is 17.9. The molecule has 0 radical (unpaired) electrons. The molecule has 0 aromatic heterocycles. The van der Waals surface area contributed by atoms with Crippen LogP contribution < -0.4 is 10.6 Å². The van der Waals surface area contributed by atoms with Gasteiger partial charge >= 0.3 is 0 Å². The van der Waals surface area contributed by atoms with Crippen LogP contribution in [0.5, 0.6) is 0 Å². The van der Waals surface area contributed by atoms with Crippen LogP contribution in [0.4, 0.5) is 5.69 Å². The molecule has 2 aromatic carbocycles. The molecule has 3 rings (SSSR count). The SMILES string of the molecule is CC(C)C(=O)N1CCC(NC(C)C(=O)Nc2ccccc2Sc2ccccc2)CC1. The van der Waals surface area contributed by atoms with Gasteiger partial charge in [-0.3, -0.25) is 9.59 Å². The molecule has 5 nitrogen and oxygen atoms in total. The fourth-order valence-electron chi connectivity index (χ4n) is 3.58. The molecule has 2 N–H and O–H groups in total. The Balaban J connectivity index is 1.53. The average molecular weight is 426 g/mol. The Morgan fingerprint density at radius 2 is 1.60 bits per heavy atom. The van der Waals surface area contributed by atoms with Gasteiger partial charge in [0.2, 0.25) is 11.8 Å². The second-order valence-corrected chi connectivity index (χ2v) is 9.16. The summed E-state index contributed by atoms with van der Waals surface area (Å²) in [4.78, 5) is 29.0. The number of nitrogens with one attached hydrogen (secondary N) is 2. The number of likely N-dealkylation sites (tertiary alicyclic amines) is 1. The molecule has 1 saturated heterocycles. The van der Waals surface area contributed by atoms with Crippen molar-refractivity contribution in [3.8, 4) is 0 Å². The highest BCUT2D eigenvalue weighted by molar-refractivity contribution is 7.99. The standard InChI is InChI=1S/C24H31N3O2S/c1-17(2)24(29)27-15-13-19(14-16-27)25-18(3)23(28)26-21-11-7-8-12-22(21)30-20-9-5-4-6-10-20/h4-12,17-19,25H,13-16H2,1-3H3,(H,26,28). The van der Waals surface area contributed by atoms with Crippen LogP contribution in [0.15, 0.2) is 64.4 Å². The minimum Gasteiger partial charge on any atom is -0.342 e. The van der Waals surface area contributed by atoms with E-state index < -0.39 is 0 Å². The summed E-state index contributed by atoms with van der Waals surface area (Å²) >= 11 is 1.64. The first kappa shape index (κ1) is 22.4. The Morgan fingerprint density at radius 3 is 2.27 bits per heavy atom. The van der Waals surface area contributed by atoms with Crippen LogP contribution in [0.1, 0.15) is 33.6 Å². The van der Waals surface area contributed by atoms with E-state index in [2.05, 4.69) is 22.8 Å². The number of amides is 2. The smallest absolute Gasteiger partial charge is 0.241 e. The fourth-order valence-corrected chi connectivity index (χ4v) is 4.50. The Hall–Kier alpha value is -2.31. The second-order valence-electron chi connectivity index (χ2n) is 8.04. The largest absolute Gasteiger partial charge is 0.342 e. The van der Waals surface area contributed by atoms with Crippen LogP contribution in [0, 0.1) is 5.92 Å². The first-order chi connectivity index (χ1) is 14.4. The lowest BCUT2D eigenvalue weighted by atomic mass is 10.0. The van der Waals surface area contributed by atoms with Crippen LogP contribution in [-0.4, -0.2) is 41.9 Å². The van der Waals surface area contributed by atoms with Crippen LogP contribution >= 0.6 is 11.8 Å². The van der Waals surface area contributed by atoms with E-state index in [1.807, 2.05) is 68.1 Å². The highest BCUT2D eigenvalue weighted by Crippen LogP contribution is 2.33. The van der Waals surface area contributed by atoms with Crippen molar-refractivity contribution in [1.82, 2.24) is 10.2 Å². The zero-order valence-corrected chi connectivity index (χ0v) is 18.7. The first-order valence-corrected chi connectivity index (χ1v) is 11.4. The van der Waals surface area contributed by atoms with Crippen molar-refractivity contribution in [1.29, 1.82) is 0 Å². The second kappa shape index (κ2) is 10.6. The summed E-state index contributed by atoms with van der Waals surface area (Å²) in [5.41, 5.74) is 0.822. The summed E-state index contributed by atoms with van der Waals surface area (Å²) in [6.07, 6.45) is 1.74. The molecule has 1 aliphatic rings. The summed E-state index contributed by atoms with van der Waals surface area (Å²) < 4.78 is 0. The van der Waals surface area contributed by atoms with Gasteiger partial charge in [0.1, 0.15) is 0 Å². The zero-order chi connectivity index (χ0) is 21.5. The van der Waals surface area contributed by atoms with Crippen molar-refractivity contribution < 1.29 is 9.59 Å². The van der Waals surface area contributed by atoms with Gasteiger partial charge in [-0.2, -0.15) is 0 Å². The highest BCUT2D eigenvalue weighted by atomic mass is 32.2. The van der Waals surface area contributed by atoms with E-state index in [0.29, 0.717) is 0 Å². The molecule has 30 heavy (non-hydrogen) atoms. The van der Waals surface area contributed by atoms with E-state index in [-0.39, 0.29) is 29.8 Å². The van der Waals surface area contributed by atoms with Crippen molar-refractivity contribution >= 4 is 29.3 Å². The molecule has 1 unspecified atom stereocenters. The first-order valence-electron chi connectivity index (χ1n) is 10.6. The van der Waals surface area contributed by atoms with E-state index >= 15 is 0 Å². The van der Waals surface area contributed by atoms with E-state index in [9.17, 15) is 9.59 Å². The molecule has 1 aliphatic heterocycles. The van der Waals surface area contributed by atoms with Gasteiger partial charge in [0.15, 0.2) is 0 Å². The van der Waals surface area contributed by atoms with Gasteiger partial charge in [0, 0.05) is 34.8 Å². The van der Waals surface area contributed by atoms with Crippen LogP contribution in [0.25, 0.3) is 0 Å². The number of hydrogen-bond donors (Lipinski definition) is 2. The van der Waals surface area contributed by atoms with Gasteiger partial charge in [-0.05, 0) is 44.0 Å². The summed E-state index contributed by atoms with van der Waals surface area (Å²) in [5.74, 6) is 0.205. The van der Waals surface area contributed by atoms with Crippen molar-refractivity contribution in [2.24, 2.45) is 5.92 Å². The molecule has 2 aromatic rings. The van der Waals surface area contributed by atoms with E-state index in [1.54, 1.807) is 11.8 Å². The zero-order valence-electron chi connectivity index (χ0n) is 17.9. The van der Waals surface area contributed by atoms with E-state index in [4.69, 9.17) is 0 Å². The van der Waals surface area contributed by atoms with Gasteiger partial charge < -0.3 is 15.5 Å². The molecule has 6 heteroatoms. The Morgan fingerprint density at radius 1 is 0.967 bits per heavy atom. The third kappa shape index (κ3) is 6.09. The predicted molar refractivity (Wildman–Crippen MR) is 123 cm³/mol. The molecule has 0 bridgehead atoms. The topological polar surface area (TPSA) is 61.4 Å². The molecule has 160 valence electrons. The maximum atomic E-state index is 12.8. The van der Waals surface area contributed by atoms with Crippen LogP contribution in [-0.2, 0) is 9.59 Å². The summed E-state index contributed by atoms with van der Waals surface area (Å²) in [6.45, 7) is 7.27. The number of rotatable bonds is 7. The minimum absolute atomic E-state index is 0.0352. The van der Waals surface area contributed by atoms with Crippen LogP contribution in [0.3, 0.4) is 0 Å². The predicted octanol–water partition coefficient (Wildman–Crippen LogP) is 4.40. The molecular formula is C24H31N3O2S. The molecule has 1 heterocycles. The molecule has 0 saturated carbocycles. The quantitative estimate of drug-likeness (QED) is 0.690. The van der Waals surface area contributed by atoms with Crippen molar-refractivity contribution in [3.63, 3.8) is 0 Å². The third-order valence-electron chi connectivity index (χ3n) is 5.30. The van der Waals surface area contributed by atoms with Crippen molar-refractivity contribution in [2.45, 2.75) is 55.5 Å². The molecule has 1 fully saturated rings. The number of anilines is 1. The number of hydrogen-bond acceptors (Lipinski definition) is 4. The third-order valence-corrected chi connectivity index (χ3v) is 6.38. The fraction of sp³-hybridized carbons (Fsp3) is 0.417. The number of carbonyl (C=O) groups excluding carboxylic acids is 2. The molecule has 2 amide bonds. The normalized spacial score (nSPS) is 15.8. The maximum Gasteiger partial charge on any atom is 0.241 e. The van der Waals surface area contributed by atoms with Gasteiger partial charge in [-0.15, -0.1) is 0 Å². The number of benzene rings is 2. The van der Waals surface area contributed by atoms with E-state index in [1.165, 1.54) is 0 Å². The lowest BCUT2D eigenvalue weighted by Crippen LogP contribution is -2.50. The minimum atomic E-state index is -0.308. The maximum absolute atomic E-state index is 12.8.